The number of likely N-dealkylation sites (tertiary alicyclic amines) is 1. The van der Waals surface area contributed by atoms with Gasteiger partial charge in [-0.25, -0.2) is 9.59 Å². The second-order valence-corrected chi connectivity index (χ2v) is 9.43. The molecule has 7 nitrogen and oxygen atoms in total. The Kier molecular flexibility index (Phi) is 8.72. The van der Waals surface area contributed by atoms with Crippen molar-refractivity contribution in [1.29, 1.82) is 0 Å². The van der Waals surface area contributed by atoms with Gasteiger partial charge < -0.3 is 20.1 Å². The van der Waals surface area contributed by atoms with Crippen molar-refractivity contribution in [3.05, 3.63) is 71.3 Å². The molecular weight excluding hydrogens is 418 g/mol. The van der Waals surface area contributed by atoms with E-state index in [0.717, 1.165) is 43.6 Å². The molecule has 0 atom stereocenters. The topological polar surface area (TPSA) is 79.9 Å². The third kappa shape index (κ3) is 9.14. The van der Waals surface area contributed by atoms with Gasteiger partial charge in [0.25, 0.3) is 0 Å². The fraction of sp³-hybridized carbons (Fsp3) is 0.462. The van der Waals surface area contributed by atoms with E-state index in [2.05, 4.69) is 27.7 Å². The van der Waals surface area contributed by atoms with E-state index in [4.69, 9.17) is 9.47 Å². The third-order valence-corrected chi connectivity index (χ3v) is 5.36. The lowest BCUT2D eigenvalue weighted by Gasteiger charge is -2.32. The fourth-order valence-electron chi connectivity index (χ4n) is 3.75. The van der Waals surface area contributed by atoms with Gasteiger partial charge in [0.1, 0.15) is 12.2 Å². The zero-order valence-electron chi connectivity index (χ0n) is 19.8. The van der Waals surface area contributed by atoms with Gasteiger partial charge in [-0.05, 0) is 50.3 Å². The number of nitrogens with zero attached hydrogens (tertiary/aromatic N) is 1. The minimum absolute atomic E-state index is 0.147. The maximum absolute atomic E-state index is 12.0. The van der Waals surface area contributed by atoms with E-state index in [1.807, 2.05) is 63.2 Å². The molecule has 1 aliphatic heterocycles. The number of ether oxygens (including phenoxy) is 2. The van der Waals surface area contributed by atoms with E-state index in [1.165, 1.54) is 5.56 Å². The van der Waals surface area contributed by atoms with Crippen molar-refractivity contribution in [1.82, 2.24) is 15.5 Å². The van der Waals surface area contributed by atoms with Gasteiger partial charge in [0.05, 0.1) is 0 Å². The largest absolute Gasteiger partial charge is 0.445 e. The van der Waals surface area contributed by atoms with E-state index < -0.39 is 11.7 Å². The Morgan fingerprint density at radius 2 is 1.61 bits per heavy atom. The van der Waals surface area contributed by atoms with E-state index in [1.54, 1.807) is 0 Å². The highest BCUT2D eigenvalue weighted by molar-refractivity contribution is 5.68. The lowest BCUT2D eigenvalue weighted by molar-refractivity contribution is 0.0477. The molecule has 33 heavy (non-hydrogen) atoms. The highest BCUT2D eigenvalue weighted by Gasteiger charge is 2.23. The Labute approximate surface area is 196 Å². The average Bonchev–Trinajstić information content (AvgIpc) is 2.77. The Bertz CT molecular complexity index is 903. The molecule has 0 aliphatic carbocycles. The van der Waals surface area contributed by atoms with Crippen LogP contribution < -0.4 is 10.6 Å². The van der Waals surface area contributed by atoms with Gasteiger partial charge in [0, 0.05) is 32.2 Å². The number of nitrogens with one attached hydrogen (secondary N) is 2. The number of alkyl carbamates (subject to hydrolysis) is 2. The Morgan fingerprint density at radius 1 is 0.939 bits per heavy atom. The molecule has 3 rings (SSSR count). The number of hydrogen-bond donors (Lipinski definition) is 2. The number of carbonyl (C=O) groups is 2. The first kappa shape index (κ1) is 24.6. The molecule has 2 aromatic rings. The monoisotopic (exact) mass is 453 g/mol. The Hall–Kier alpha value is -3.06. The fourth-order valence-corrected chi connectivity index (χ4v) is 3.75. The summed E-state index contributed by atoms with van der Waals surface area (Å²) in [6.07, 6.45) is 1.02. The molecular formula is C26H35N3O4. The molecule has 7 heteroatoms. The summed E-state index contributed by atoms with van der Waals surface area (Å²) in [5.41, 5.74) is 2.71. The summed E-state index contributed by atoms with van der Waals surface area (Å²) in [7, 11) is 0. The molecule has 0 bridgehead atoms. The van der Waals surface area contributed by atoms with Crippen LogP contribution in [0.3, 0.4) is 0 Å². The van der Waals surface area contributed by atoms with Crippen LogP contribution >= 0.6 is 0 Å². The Morgan fingerprint density at radius 3 is 2.30 bits per heavy atom. The first-order valence-electron chi connectivity index (χ1n) is 11.5. The number of rotatable bonds is 7. The van der Waals surface area contributed by atoms with Crippen LogP contribution in [0.5, 0.6) is 0 Å². The number of carbonyl (C=O) groups excluding carboxylic acids is 2. The Balaban J connectivity index is 1.38. The molecule has 0 spiro atoms. The van der Waals surface area contributed by atoms with Crippen molar-refractivity contribution in [3.8, 4) is 0 Å². The van der Waals surface area contributed by atoms with Crippen LogP contribution in [-0.4, -0.2) is 41.8 Å². The molecule has 0 unspecified atom stereocenters. The molecule has 0 saturated carbocycles. The van der Waals surface area contributed by atoms with E-state index in [0.29, 0.717) is 6.54 Å². The number of hydrogen-bond acceptors (Lipinski definition) is 5. The molecule has 0 aromatic heterocycles. The van der Waals surface area contributed by atoms with Crippen molar-refractivity contribution in [2.24, 2.45) is 0 Å². The lowest BCUT2D eigenvalue weighted by atomic mass is 10.0. The maximum Gasteiger partial charge on any atom is 0.407 e. The van der Waals surface area contributed by atoms with Gasteiger partial charge in [-0.3, -0.25) is 4.90 Å². The van der Waals surface area contributed by atoms with E-state index in [-0.39, 0.29) is 18.7 Å². The first-order valence-corrected chi connectivity index (χ1v) is 11.5. The SMILES string of the molecule is CC(C)(C)OC(=O)NC1CCN(Cc2cccc(CNC(=O)OCc3ccccc3)c2)CC1. The second-order valence-electron chi connectivity index (χ2n) is 9.43. The van der Waals surface area contributed by atoms with Crippen LogP contribution in [-0.2, 0) is 29.2 Å². The molecule has 1 aliphatic rings. The van der Waals surface area contributed by atoms with Crippen LogP contribution in [0.4, 0.5) is 9.59 Å². The minimum Gasteiger partial charge on any atom is -0.445 e. The highest BCUT2D eigenvalue weighted by atomic mass is 16.6. The molecule has 0 radical (unpaired) electrons. The summed E-state index contributed by atoms with van der Waals surface area (Å²) in [4.78, 5) is 26.4. The number of benzene rings is 2. The predicted molar refractivity (Wildman–Crippen MR) is 128 cm³/mol. The molecule has 2 N–H and O–H groups in total. The van der Waals surface area contributed by atoms with Crippen molar-refractivity contribution in [2.45, 2.75) is 65.0 Å². The smallest absolute Gasteiger partial charge is 0.407 e. The van der Waals surface area contributed by atoms with Gasteiger partial charge in [-0.1, -0.05) is 54.6 Å². The van der Waals surface area contributed by atoms with E-state index in [9.17, 15) is 9.59 Å². The summed E-state index contributed by atoms with van der Waals surface area (Å²) < 4.78 is 10.6. The minimum atomic E-state index is -0.483. The maximum atomic E-state index is 12.0. The molecule has 1 fully saturated rings. The van der Waals surface area contributed by atoms with Crippen LogP contribution in [0.15, 0.2) is 54.6 Å². The second kappa shape index (κ2) is 11.7. The molecule has 1 saturated heterocycles. The summed E-state index contributed by atoms with van der Waals surface area (Å²) in [6.45, 7) is 8.94. The number of amides is 2. The zero-order valence-corrected chi connectivity index (χ0v) is 19.8. The summed E-state index contributed by atoms with van der Waals surface area (Å²) in [5.74, 6) is 0. The van der Waals surface area contributed by atoms with Gasteiger partial charge in [0.15, 0.2) is 0 Å². The van der Waals surface area contributed by atoms with Crippen molar-refractivity contribution >= 4 is 12.2 Å². The van der Waals surface area contributed by atoms with E-state index >= 15 is 0 Å². The van der Waals surface area contributed by atoms with Crippen LogP contribution in [0.1, 0.15) is 50.3 Å². The zero-order chi connectivity index (χ0) is 23.7. The van der Waals surface area contributed by atoms with Gasteiger partial charge >= 0.3 is 12.2 Å². The summed E-state index contributed by atoms with van der Waals surface area (Å²) in [6, 6.07) is 18.0. The van der Waals surface area contributed by atoms with Crippen molar-refractivity contribution in [2.75, 3.05) is 13.1 Å². The van der Waals surface area contributed by atoms with Crippen LogP contribution in [0.2, 0.25) is 0 Å². The third-order valence-electron chi connectivity index (χ3n) is 5.36. The molecule has 2 amide bonds. The highest BCUT2D eigenvalue weighted by Crippen LogP contribution is 2.16. The average molecular weight is 454 g/mol. The quantitative estimate of drug-likeness (QED) is 0.640. The molecule has 1 heterocycles. The summed E-state index contributed by atoms with van der Waals surface area (Å²) >= 11 is 0. The van der Waals surface area contributed by atoms with Crippen molar-refractivity contribution < 1.29 is 19.1 Å². The van der Waals surface area contributed by atoms with Crippen LogP contribution in [0.25, 0.3) is 0 Å². The van der Waals surface area contributed by atoms with Gasteiger partial charge in [-0.2, -0.15) is 0 Å². The first-order chi connectivity index (χ1) is 15.8. The van der Waals surface area contributed by atoms with Crippen LogP contribution in [0, 0.1) is 0 Å². The standard InChI is InChI=1S/C26H35N3O4/c1-26(2,3)33-25(31)28-23-12-14-29(15-13-23)18-22-11-7-10-21(16-22)17-27-24(30)32-19-20-8-5-4-6-9-20/h4-11,16,23H,12-15,17-19H2,1-3H3,(H,27,30)(H,28,31). The lowest BCUT2D eigenvalue weighted by Crippen LogP contribution is -2.45. The van der Waals surface area contributed by atoms with Gasteiger partial charge in [0.2, 0.25) is 0 Å². The number of piperidine rings is 1. The summed E-state index contributed by atoms with van der Waals surface area (Å²) in [5, 5.41) is 5.79. The van der Waals surface area contributed by atoms with Crippen molar-refractivity contribution in [3.63, 3.8) is 0 Å². The van der Waals surface area contributed by atoms with Gasteiger partial charge in [-0.15, -0.1) is 0 Å². The molecule has 178 valence electrons. The predicted octanol–water partition coefficient (Wildman–Crippen LogP) is 4.60. The molecule has 2 aromatic carbocycles. The normalized spacial score (nSPS) is 15.0.